The lowest BCUT2D eigenvalue weighted by Crippen LogP contribution is -2.17. The first-order valence-electron chi connectivity index (χ1n) is 5.20. The Morgan fingerprint density at radius 1 is 1.24 bits per heavy atom. The van der Waals surface area contributed by atoms with Crippen molar-refractivity contribution in [1.29, 1.82) is 5.41 Å². The molecule has 2 aromatic rings. The van der Waals surface area contributed by atoms with Gasteiger partial charge in [0.2, 0.25) is 0 Å². The second-order valence-corrected chi connectivity index (χ2v) is 3.94. The van der Waals surface area contributed by atoms with E-state index >= 15 is 0 Å². The number of nitrogens with one attached hydrogen (secondary N) is 1. The molecule has 0 atom stereocenters. The average Bonchev–Trinajstić information content (AvgIpc) is 2.66. The van der Waals surface area contributed by atoms with E-state index in [0.29, 0.717) is 22.9 Å². The molecule has 90 valence electrons. The first-order valence-corrected chi connectivity index (χ1v) is 5.20. The van der Waals surface area contributed by atoms with Crippen molar-refractivity contribution in [2.75, 3.05) is 0 Å². The average molecular weight is 233 g/mol. The summed E-state index contributed by atoms with van der Waals surface area (Å²) in [5, 5.41) is 16.2. The number of nitrogen functional groups attached to an aromatic ring is 1. The monoisotopic (exact) mass is 233 g/mol. The predicted molar refractivity (Wildman–Crippen MR) is 63.4 cm³/mol. The van der Waals surface area contributed by atoms with Crippen molar-refractivity contribution in [3.05, 3.63) is 22.9 Å². The van der Waals surface area contributed by atoms with Crippen molar-refractivity contribution in [1.82, 2.24) is 24.5 Å². The maximum Gasteiger partial charge on any atom is 0.165 e. The molecular weight excluding hydrogens is 218 g/mol. The topological polar surface area (TPSA) is 98.4 Å². The fraction of sp³-hybridized carbons (Fsp3) is 0.400. The second-order valence-electron chi connectivity index (χ2n) is 3.94. The molecule has 0 unspecified atom stereocenters. The Morgan fingerprint density at radius 2 is 1.88 bits per heavy atom. The van der Waals surface area contributed by atoms with E-state index < -0.39 is 0 Å². The maximum absolute atomic E-state index is 7.62. The zero-order chi connectivity index (χ0) is 12.7. The Labute approximate surface area is 98.8 Å². The Balaban J connectivity index is 2.75. The number of hydrogen-bond donors (Lipinski definition) is 2. The van der Waals surface area contributed by atoms with Crippen LogP contribution in [0.15, 0.2) is 0 Å². The number of amidine groups is 1. The summed E-state index contributed by atoms with van der Waals surface area (Å²) in [6, 6.07) is 0. The summed E-state index contributed by atoms with van der Waals surface area (Å²) in [5.41, 5.74) is 6.90. The van der Waals surface area contributed by atoms with Gasteiger partial charge in [0.1, 0.15) is 17.5 Å². The lowest BCUT2D eigenvalue weighted by Gasteiger charge is -2.06. The number of nitrogens with two attached hydrogens (primary N) is 1. The summed E-state index contributed by atoms with van der Waals surface area (Å²) in [6.07, 6.45) is 0. The number of aromatic nitrogens is 5. The van der Waals surface area contributed by atoms with Gasteiger partial charge in [0.15, 0.2) is 5.82 Å². The number of hydrogen-bond acceptors (Lipinski definition) is 4. The Morgan fingerprint density at radius 3 is 2.35 bits per heavy atom. The Kier molecular flexibility index (Phi) is 2.45. The zero-order valence-corrected chi connectivity index (χ0v) is 10.3. The molecule has 17 heavy (non-hydrogen) atoms. The van der Waals surface area contributed by atoms with Gasteiger partial charge in [0.05, 0.1) is 11.3 Å². The molecule has 0 aliphatic rings. The first kappa shape index (κ1) is 11.3. The Hall–Kier alpha value is -2.18. The van der Waals surface area contributed by atoms with Crippen molar-refractivity contribution in [3.8, 4) is 5.82 Å². The standard InChI is InChI=1S/C10H15N7/c1-5-8(9(11)12)10(16(4)14-5)17-7(3)13-6(2)15-17/h1-4H3,(H3,11,12). The van der Waals surface area contributed by atoms with Crippen LogP contribution in [0.2, 0.25) is 0 Å². The van der Waals surface area contributed by atoms with Crippen LogP contribution in [0, 0.1) is 26.2 Å². The van der Waals surface area contributed by atoms with Gasteiger partial charge in [0.25, 0.3) is 0 Å². The van der Waals surface area contributed by atoms with Gasteiger partial charge in [-0.25, -0.2) is 9.67 Å². The van der Waals surface area contributed by atoms with E-state index in [1.165, 1.54) is 0 Å². The van der Waals surface area contributed by atoms with Crippen molar-refractivity contribution in [2.45, 2.75) is 20.8 Å². The summed E-state index contributed by atoms with van der Waals surface area (Å²) < 4.78 is 3.32. The van der Waals surface area contributed by atoms with E-state index in [1.54, 1.807) is 16.4 Å². The van der Waals surface area contributed by atoms with Crippen molar-refractivity contribution >= 4 is 5.84 Å². The molecule has 0 spiro atoms. The quantitative estimate of drug-likeness (QED) is 0.572. The zero-order valence-electron chi connectivity index (χ0n) is 10.3. The third-order valence-electron chi connectivity index (χ3n) is 2.54. The van der Waals surface area contributed by atoms with Crippen LogP contribution in [0.4, 0.5) is 0 Å². The van der Waals surface area contributed by atoms with Crippen LogP contribution in [0.25, 0.3) is 5.82 Å². The van der Waals surface area contributed by atoms with E-state index in [0.717, 1.165) is 5.82 Å². The smallest absolute Gasteiger partial charge is 0.165 e. The third kappa shape index (κ3) is 1.69. The number of nitrogens with zero attached hydrogens (tertiary/aromatic N) is 5. The maximum atomic E-state index is 7.62. The van der Waals surface area contributed by atoms with Crippen LogP contribution < -0.4 is 5.73 Å². The molecule has 2 heterocycles. The predicted octanol–water partition coefficient (Wildman–Crippen LogP) is 0.210. The lowest BCUT2D eigenvalue weighted by molar-refractivity contribution is 0.681. The molecule has 0 amide bonds. The molecule has 0 fully saturated rings. The molecule has 2 rings (SSSR count). The minimum absolute atomic E-state index is 0.0156. The highest BCUT2D eigenvalue weighted by molar-refractivity contribution is 5.99. The van der Waals surface area contributed by atoms with Gasteiger partial charge in [0, 0.05) is 7.05 Å². The SMILES string of the molecule is Cc1nc(C)n(-c2c(C(=N)N)c(C)nn2C)n1. The first-order chi connectivity index (χ1) is 7.91. The summed E-state index contributed by atoms with van der Waals surface area (Å²) >= 11 is 0. The van der Waals surface area contributed by atoms with Crippen molar-refractivity contribution in [2.24, 2.45) is 12.8 Å². The van der Waals surface area contributed by atoms with Gasteiger partial charge in [-0.15, -0.1) is 5.10 Å². The van der Waals surface area contributed by atoms with Crippen molar-refractivity contribution < 1.29 is 0 Å². The van der Waals surface area contributed by atoms with Gasteiger partial charge in [-0.1, -0.05) is 0 Å². The fourth-order valence-corrected chi connectivity index (χ4v) is 1.93. The minimum Gasteiger partial charge on any atom is -0.384 e. The second kappa shape index (κ2) is 3.69. The van der Waals surface area contributed by atoms with Crippen LogP contribution in [0.5, 0.6) is 0 Å². The molecule has 0 aromatic carbocycles. The fourth-order valence-electron chi connectivity index (χ4n) is 1.93. The number of aryl methyl sites for hydroxylation is 4. The molecule has 2 aromatic heterocycles. The van der Waals surface area contributed by atoms with Gasteiger partial charge in [-0.05, 0) is 20.8 Å². The summed E-state index contributed by atoms with van der Waals surface area (Å²) in [7, 11) is 1.80. The molecule has 0 bridgehead atoms. The largest absolute Gasteiger partial charge is 0.384 e. The summed E-state index contributed by atoms with van der Waals surface area (Å²) in [5.74, 6) is 2.08. The van der Waals surface area contributed by atoms with E-state index in [-0.39, 0.29) is 5.84 Å². The van der Waals surface area contributed by atoms with Crippen LogP contribution in [0.1, 0.15) is 22.9 Å². The molecule has 0 radical (unpaired) electrons. The van der Waals surface area contributed by atoms with Gasteiger partial charge in [-0.3, -0.25) is 5.41 Å². The van der Waals surface area contributed by atoms with E-state index in [1.807, 2.05) is 20.8 Å². The molecule has 3 N–H and O–H groups in total. The molecule has 0 saturated carbocycles. The van der Waals surface area contributed by atoms with Crippen molar-refractivity contribution in [3.63, 3.8) is 0 Å². The molecular formula is C10H15N7. The van der Waals surface area contributed by atoms with Crippen LogP contribution in [-0.2, 0) is 7.05 Å². The van der Waals surface area contributed by atoms with E-state index in [9.17, 15) is 0 Å². The van der Waals surface area contributed by atoms with Gasteiger partial charge in [-0.2, -0.15) is 9.78 Å². The molecule has 0 saturated heterocycles. The lowest BCUT2D eigenvalue weighted by atomic mass is 10.2. The highest BCUT2D eigenvalue weighted by atomic mass is 15.4. The van der Waals surface area contributed by atoms with Crippen LogP contribution in [-0.4, -0.2) is 30.4 Å². The van der Waals surface area contributed by atoms with Gasteiger partial charge >= 0.3 is 0 Å². The number of rotatable bonds is 2. The van der Waals surface area contributed by atoms with E-state index in [2.05, 4.69) is 15.2 Å². The molecule has 7 nitrogen and oxygen atoms in total. The Bertz CT molecular complexity index is 590. The normalized spacial score (nSPS) is 10.8. The highest BCUT2D eigenvalue weighted by Gasteiger charge is 2.19. The van der Waals surface area contributed by atoms with Crippen LogP contribution >= 0.6 is 0 Å². The summed E-state index contributed by atoms with van der Waals surface area (Å²) in [4.78, 5) is 4.24. The summed E-state index contributed by atoms with van der Waals surface area (Å²) in [6.45, 7) is 5.49. The van der Waals surface area contributed by atoms with Gasteiger partial charge < -0.3 is 5.73 Å². The molecule has 0 aliphatic heterocycles. The van der Waals surface area contributed by atoms with E-state index in [4.69, 9.17) is 11.1 Å². The molecule has 0 aliphatic carbocycles. The van der Waals surface area contributed by atoms with Crippen LogP contribution in [0.3, 0.4) is 0 Å². The molecule has 7 heteroatoms. The minimum atomic E-state index is -0.0156. The third-order valence-corrected chi connectivity index (χ3v) is 2.54. The highest BCUT2D eigenvalue weighted by Crippen LogP contribution is 2.17.